The number of alkyl carbamates (subject to hydrolysis) is 1. The lowest BCUT2D eigenvalue weighted by Gasteiger charge is -2.06. The van der Waals surface area contributed by atoms with E-state index in [9.17, 15) is 19.2 Å². The second-order valence-corrected chi connectivity index (χ2v) is 15.6. The van der Waals surface area contributed by atoms with Crippen LogP contribution < -0.4 is 26.6 Å². The number of rotatable bonds is 13. The number of urea groups is 1. The van der Waals surface area contributed by atoms with Gasteiger partial charge in [-0.3, -0.25) is 9.59 Å². The maximum atomic E-state index is 11.2. The van der Waals surface area contributed by atoms with Gasteiger partial charge in [-0.15, -0.1) is 0 Å². The first kappa shape index (κ1) is 57.4. The molecule has 5 amide bonds. The zero-order valence-corrected chi connectivity index (χ0v) is 37.5. The van der Waals surface area contributed by atoms with Gasteiger partial charge in [-0.2, -0.15) is 0 Å². The Balaban J connectivity index is -0.000000317. The van der Waals surface area contributed by atoms with Crippen LogP contribution in [0.15, 0.2) is 0 Å². The van der Waals surface area contributed by atoms with Gasteiger partial charge in [0.05, 0.1) is 32.8 Å². The third-order valence-corrected chi connectivity index (χ3v) is 6.00. The van der Waals surface area contributed by atoms with E-state index in [1.54, 1.807) is 0 Å². The highest BCUT2D eigenvalue weighted by molar-refractivity contribution is 5.78. The van der Waals surface area contributed by atoms with E-state index in [0.29, 0.717) is 80.6 Å². The monoisotopic (exact) mass is 770 g/mol. The third-order valence-electron chi connectivity index (χ3n) is 6.00. The summed E-state index contributed by atoms with van der Waals surface area (Å²) in [6, 6.07) is -0.131. The van der Waals surface area contributed by atoms with Crippen molar-refractivity contribution >= 4 is 23.9 Å². The number of hydrogen-bond donors (Lipinski definition) is 5. The SMILES string of the molecule is CC(C)C#CCNC(=O)C(C)C.CC(C)C#CCNC(=O)CC(C)C.CC(C)C#CCNC(=O)NCCC(C)C.CC(C)C#CCNC(=O)OCCC(C)C. The molecule has 0 saturated heterocycles. The first-order chi connectivity index (χ1) is 25.6. The Kier molecular flexibility index (Phi) is 41.2. The Labute approximate surface area is 337 Å². The van der Waals surface area contributed by atoms with Crippen molar-refractivity contribution in [1.29, 1.82) is 0 Å². The highest BCUT2D eigenvalue weighted by Gasteiger charge is 2.04. The molecule has 0 aromatic heterocycles. The molecule has 0 atom stereocenters. The number of carbonyl (C=O) groups is 4. The van der Waals surface area contributed by atoms with Crippen molar-refractivity contribution in [3.8, 4) is 47.4 Å². The molecule has 0 heterocycles. The molecule has 0 aliphatic rings. The summed E-state index contributed by atoms with van der Waals surface area (Å²) in [7, 11) is 0. The number of ether oxygens (including phenoxy) is 1. The molecule has 0 radical (unpaired) electrons. The highest BCUT2D eigenvalue weighted by Crippen LogP contribution is 1.99. The fourth-order valence-corrected chi connectivity index (χ4v) is 3.16. The maximum Gasteiger partial charge on any atom is 0.407 e. The summed E-state index contributed by atoms with van der Waals surface area (Å²) in [5.41, 5.74) is 0. The van der Waals surface area contributed by atoms with Gasteiger partial charge < -0.3 is 31.3 Å². The molecule has 0 aromatic rings. The van der Waals surface area contributed by atoms with E-state index in [-0.39, 0.29) is 29.9 Å². The van der Waals surface area contributed by atoms with Gasteiger partial charge in [-0.1, -0.05) is 158 Å². The largest absolute Gasteiger partial charge is 0.450 e. The molecular weight excluding hydrogens is 691 g/mol. The van der Waals surface area contributed by atoms with Crippen molar-refractivity contribution in [3.05, 3.63) is 0 Å². The second-order valence-electron chi connectivity index (χ2n) is 15.6. The summed E-state index contributed by atoms with van der Waals surface area (Å²) in [5, 5.41) is 13.5. The van der Waals surface area contributed by atoms with Crippen LogP contribution >= 0.6 is 0 Å². The average molecular weight is 770 g/mol. The predicted molar refractivity (Wildman–Crippen MR) is 230 cm³/mol. The summed E-state index contributed by atoms with van der Waals surface area (Å²) in [5.74, 6) is 26.7. The van der Waals surface area contributed by atoms with Crippen molar-refractivity contribution in [2.45, 2.75) is 130 Å². The van der Waals surface area contributed by atoms with E-state index in [2.05, 4.69) is 102 Å². The van der Waals surface area contributed by atoms with Gasteiger partial charge in [-0.05, 0) is 30.6 Å². The lowest BCUT2D eigenvalue weighted by molar-refractivity contribution is -0.124. The minimum atomic E-state index is -0.381. The van der Waals surface area contributed by atoms with Gasteiger partial charge in [0, 0.05) is 42.6 Å². The van der Waals surface area contributed by atoms with E-state index >= 15 is 0 Å². The molecule has 0 spiro atoms. The second kappa shape index (κ2) is 39.4. The summed E-state index contributed by atoms with van der Waals surface area (Å²) in [6.07, 6.45) is 2.10. The average Bonchev–Trinajstić information content (AvgIpc) is 3.05. The van der Waals surface area contributed by atoms with Crippen molar-refractivity contribution in [3.63, 3.8) is 0 Å². The molecule has 10 heteroatoms. The molecule has 10 nitrogen and oxygen atoms in total. The standard InChI is InChI=1S/C12H22N2O.C12H21NO2.C11H19NO.C10H17NO/c1-10(2)6-5-8-13-12(15)14-9-7-11(3)4;1-10(2)6-5-8-13-12(14)15-9-7-11(3)4;1-9(2)6-5-7-12-11(13)8-10(3)4;1-8(2)6-5-7-11-10(12)9(3)4/h10-11H,7-9H2,1-4H3,(H2,13,14,15);10-11H,7-9H2,1-4H3,(H,13,14);9-10H,7-8H2,1-4H3,(H,12,13);8-9H,7H2,1-4H3,(H,11,12). The van der Waals surface area contributed by atoms with Gasteiger partial charge in [0.25, 0.3) is 0 Å². The van der Waals surface area contributed by atoms with Crippen molar-refractivity contribution < 1.29 is 23.9 Å². The Bertz CT molecular complexity index is 1220. The zero-order chi connectivity index (χ0) is 43.2. The lowest BCUT2D eigenvalue weighted by Crippen LogP contribution is -2.36. The number of carbonyl (C=O) groups excluding carboxylic acids is 4. The quantitative estimate of drug-likeness (QED) is 0.123. The molecule has 0 aromatic carbocycles. The molecule has 0 bridgehead atoms. The molecule has 0 unspecified atom stereocenters. The van der Waals surface area contributed by atoms with Gasteiger partial charge in [0.2, 0.25) is 11.8 Å². The Morgan fingerprint density at radius 2 is 0.873 bits per heavy atom. The molecule has 314 valence electrons. The number of hydrogen-bond acceptors (Lipinski definition) is 5. The minimum absolute atomic E-state index is 0.0471. The van der Waals surface area contributed by atoms with Gasteiger partial charge in [-0.25, -0.2) is 9.59 Å². The molecule has 0 saturated carbocycles. The van der Waals surface area contributed by atoms with E-state index in [0.717, 1.165) is 19.4 Å². The van der Waals surface area contributed by atoms with Crippen LogP contribution in [0.4, 0.5) is 9.59 Å². The topological polar surface area (TPSA) is 138 Å². The number of nitrogens with one attached hydrogen (secondary N) is 5. The molecule has 0 rings (SSSR count). The van der Waals surface area contributed by atoms with Crippen LogP contribution in [0.2, 0.25) is 0 Å². The predicted octanol–water partition coefficient (Wildman–Crippen LogP) is 7.64. The molecular formula is C45H79N5O5. The first-order valence-corrected chi connectivity index (χ1v) is 20.0. The van der Waals surface area contributed by atoms with E-state index in [1.165, 1.54) is 0 Å². The van der Waals surface area contributed by atoms with Crippen molar-refractivity contribution in [2.75, 3.05) is 39.3 Å². The Morgan fingerprint density at radius 3 is 1.25 bits per heavy atom. The smallest absolute Gasteiger partial charge is 0.407 e. The summed E-state index contributed by atoms with van der Waals surface area (Å²) >= 11 is 0. The Hall–Kier alpha value is -4.28. The molecule has 0 aliphatic heterocycles. The normalized spacial score (nSPS) is 9.67. The lowest BCUT2D eigenvalue weighted by atomic mass is 10.1. The van der Waals surface area contributed by atoms with Crippen LogP contribution in [0.3, 0.4) is 0 Å². The summed E-state index contributed by atoms with van der Waals surface area (Å²) < 4.78 is 4.94. The van der Waals surface area contributed by atoms with Gasteiger partial charge in [0.1, 0.15) is 0 Å². The molecule has 55 heavy (non-hydrogen) atoms. The van der Waals surface area contributed by atoms with Crippen molar-refractivity contribution in [2.24, 2.45) is 47.3 Å². The highest BCUT2D eigenvalue weighted by atomic mass is 16.5. The summed E-state index contributed by atoms with van der Waals surface area (Å²) in [4.78, 5) is 44.4. The first-order valence-electron chi connectivity index (χ1n) is 20.0. The third kappa shape index (κ3) is 59.2. The van der Waals surface area contributed by atoms with E-state index in [1.807, 2.05) is 83.1 Å². The van der Waals surface area contributed by atoms with Gasteiger partial charge >= 0.3 is 12.1 Å². The van der Waals surface area contributed by atoms with E-state index in [4.69, 9.17) is 4.74 Å². The fourth-order valence-electron chi connectivity index (χ4n) is 3.16. The van der Waals surface area contributed by atoms with Crippen LogP contribution in [0.5, 0.6) is 0 Å². The van der Waals surface area contributed by atoms with Crippen LogP contribution in [0, 0.1) is 94.7 Å². The van der Waals surface area contributed by atoms with Crippen molar-refractivity contribution in [1.82, 2.24) is 26.6 Å². The number of amides is 5. The fraction of sp³-hybridized carbons (Fsp3) is 0.733. The zero-order valence-electron chi connectivity index (χ0n) is 37.5. The van der Waals surface area contributed by atoms with Crippen LogP contribution in [0.25, 0.3) is 0 Å². The molecule has 0 aliphatic carbocycles. The Morgan fingerprint density at radius 1 is 0.473 bits per heavy atom. The maximum absolute atomic E-state index is 11.2. The summed E-state index contributed by atoms with van der Waals surface area (Å²) in [6.45, 7) is 35.3. The van der Waals surface area contributed by atoms with Crippen LogP contribution in [-0.4, -0.2) is 63.3 Å². The van der Waals surface area contributed by atoms with Gasteiger partial charge in [0.15, 0.2) is 0 Å². The van der Waals surface area contributed by atoms with Crippen LogP contribution in [-0.2, 0) is 14.3 Å². The molecule has 0 fully saturated rings. The van der Waals surface area contributed by atoms with E-state index < -0.39 is 0 Å². The molecule has 5 N–H and O–H groups in total. The van der Waals surface area contributed by atoms with Crippen LogP contribution in [0.1, 0.15) is 130 Å². The minimum Gasteiger partial charge on any atom is -0.450 e.